The quantitative estimate of drug-likeness (QED) is 0.522. The molecule has 0 fully saturated rings. The minimum Gasteiger partial charge on any atom is -0.480 e. The Labute approximate surface area is 104 Å². The fourth-order valence-corrected chi connectivity index (χ4v) is 1.46. The van der Waals surface area contributed by atoms with Gasteiger partial charge in [-0.2, -0.15) is 0 Å². The van der Waals surface area contributed by atoms with E-state index in [1.54, 1.807) is 12.1 Å². The van der Waals surface area contributed by atoms with Crippen LogP contribution in [0.25, 0.3) is 0 Å². The van der Waals surface area contributed by atoms with E-state index in [0.29, 0.717) is 12.1 Å². The van der Waals surface area contributed by atoms with Crippen LogP contribution in [0.15, 0.2) is 24.3 Å². The molecule has 0 radical (unpaired) electrons. The Bertz CT molecular complexity index is 434. The summed E-state index contributed by atoms with van der Waals surface area (Å²) >= 11 is 0. The molecule has 1 aromatic rings. The van der Waals surface area contributed by atoms with Crippen molar-refractivity contribution in [3.8, 4) is 0 Å². The van der Waals surface area contributed by atoms with Gasteiger partial charge in [0.1, 0.15) is 6.04 Å². The standard InChI is InChI=1S/C12H16N2O4/c13-9-4-2-1-3-8(9)5-6-11(16)14-10(7-15)12(17)18/h1-4,10,15H,5-7,13H2,(H,14,16)(H,17,18)/t10-/m0/s1. The van der Waals surface area contributed by atoms with Crippen LogP contribution in [0.5, 0.6) is 0 Å². The molecule has 1 aromatic carbocycles. The molecule has 0 saturated carbocycles. The van der Waals surface area contributed by atoms with Gasteiger partial charge in [-0.3, -0.25) is 4.79 Å². The zero-order chi connectivity index (χ0) is 13.5. The minimum absolute atomic E-state index is 0.123. The molecule has 0 bridgehead atoms. The normalized spacial score (nSPS) is 11.8. The molecule has 0 aliphatic heterocycles. The van der Waals surface area contributed by atoms with Crippen LogP contribution >= 0.6 is 0 Å². The number of aliphatic hydroxyl groups is 1. The second kappa shape index (κ2) is 6.61. The molecule has 1 atom stereocenters. The second-order valence-electron chi connectivity index (χ2n) is 3.84. The zero-order valence-corrected chi connectivity index (χ0v) is 9.80. The van der Waals surface area contributed by atoms with Crippen LogP contribution in [0.1, 0.15) is 12.0 Å². The van der Waals surface area contributed by atoms with Crippen LogP contribution in [-0.2, 0) is 16.0 Å². The summed E-state index contributed by atoms with van der Waals surface area (Å²) in [7, 11) is 0. The van der Waals surface area contributed by atoms with Crippen molar-refractivity contribution in [2.45, 2.75) is 18.9 Å². The summed E-state index contributed by atoms with van der Waals surface area (Å²) in [4.78, 5) is 22.1. The Kier molecular flexibility index (Phi) is 5.13. The van der Waals surface area contributed by atoms with Gasteiger partial charge in [-0.1, -0.05) is 18.2 Å². The number of rotatable bonds is 6. The molecule has 0 heterocycles. The topological polar surface area (TPSA) is 113 Å². The fraction of sp³-hybridized carbons (Fsp3) is 0.333. The lowest BCUT2D eigenvalue weighted by molar-refractivity contribution is -0.142. The van der Waals surface area contributed by atoms with Crippen molar-refractivity contribution in [2.24, 2.45) is 0 Å². The third kappa shape index (κ3) is 4.06. The van der Waals surface area contributed by atoms with Gasteiger partial charge in [-0.25, -0.2) is 4.79 Å². The summed E-state index contributed by atoms with van der Waals surface area (Å²) in [6.45, 7) is -0.630. The second-order valence-corrected chi connectivity index (χ2v) is 3.84. The van der Waals surface area contributed by atoms with E-state index in [4.69, 9.17) is 15.9 Å². The number of nitrogens with one attached hydrogen (secondary N) is 1. The minimum atomic E-state index is -1.26. The molecule has 0 aliphatic rings. The number of carboxylic acid groups (broad SMARTS) is 1. The van der Waals surface area contributed by atoms with Crippen LogP contribution < -0.4 is 11.1 Å². The SMILES string of the molecule is Nc1ccccc1CCC(=O)N[C@@H](CO)C(=O)O. The lowest BCUT2D eigenvalue weighted by Gasteiger charge is -2.11. The fourth-order valence-electron chi connectivity index (χ4n) is 1.46. The summed E-state index contributed by atoms with van der Waals surface area (Å²) in [6.07, 6.45) is 0.550. The largest absolute Gasteiger partial charge is 0.480 e. The maximum Gasteiger partial charge on any atom is 0.328 e. The lowest BCUT2D eigenvalue weighted by atomic mass is 10.1. The van der Waals surface area contributed by atoms with Crippen molar-refractivity contribution in [3.05, 3.63) is 29.8 Å². The van der Waals surface area contributed by atoms with Crippen LogP contribution in [0.4, 0.5) is 5.69 Å². The van der Waals surface area contributed by atoms with Gasteiger partial charge in [0.2, 0.25) is 5.91 Å². The third-order valence-electron chi connectivity index (χ3n) is 2.49. The molecule has 98 valence electrons. The molecule has 0 saturated heterocycles. The van der Waals surface area contributed by atoms with Crippen molar-refractivity contribution >= 4 is 17.6 Å². The Balaban J connectivity index is 2.47. The first kappa shape index (κ1) is 14.0. The highest BCUT2D eigenvalue weighted by molar-refractivity contribution is 5.83. The smallest absolute Gasteiger partial charge is 0.328 e. The number of aliphatic carboxylic acids is 1. The molecule has 0 aliphatic carbocycles. The van der Waals surface area contributed by atoms with Gasteiger partial charge >= 0.3 is 5.97 Å². The number of carbonyl (C=O) groups is 2. The molecule has 6 nitrogen and oxygen atoms in total. The van der Waals surface area contributed by atoms with Crippen molar-refractivity contribution in [1.82, 2.24) is 5.32 Å². The predicted octanol–water partition coefficient (Wildman–Crippen LogP) is -0.237. The number of nitrogens with two attached hydrogens (primary N) is 1. The van der Waals surface area contributed by atoms with Gasteiger partial charge in [-0.15, -0.1) is 0 Å². The molecule has 0 spiro atoms. The van der Waals surface area contributed by atoms with Gasteiger partial charge < -0.3 is 21.3 Å². The van der Waals surface area contributed by atoms with E-state index in [1.807, 2.05) is 12.1 Å². The summed E-state index contributed by atoms with van der Waals surface area (Å²) in [5.41, 5.74) is 7.15. The highest BCUT2D eigenvalue weighted by Crippen LogP contribution is 2.12. The third-order valence-corrected chi connectivity index (χ3v) is 2.49. The van der Waals surface area contributed by atoms with E-state index in [0.717, 1.165) is 5.56 Å². The number of aliphatic hydroxyl groups excluding tert-OH is 1. The number of anilines is 1. The average Bonchev–Trinajstić information content (AvgIpc) is 2.34. The maximum atomic E-state index is 11.5. The zero-order valence-electron chi connectivity index (χ0n) is 9.80. The van der Waals surface area contributed by atoms with Gasteiger partial charge in [-0.05, 0) is 18.1 Å². The Morgan fingerprint density at radius 2 is 2.00 bits per heavy atom. The van der Waals surface area contributed by atoms with Gasteiger partial charge in [0.15, 0.2) is 0 Å². The number of para-hydroxylation sites is 1. The van der Waals surface area contributed by atoms with Crippen LogP contribution in [-0.4, -0.2) is 34.7 Å². The molecular formula is C12H16N2O4. The molecule has 0 unspecified atom stereocenters. The van der Waals surface area contributed by atoms with Gasteiger partial charge in [0.05, 0.1) is 6.61 Å². The number of amides is 1. The highest BCUT2D eigenvalue weighted by Gasteiger charge is 2.18. The van der Waals surface area contributed by atoms with Crippen LogP contribution in [0.2, 0.25) is 0 Å². The molecular weight excluding hydrogens is 236 g/mol. The molecule has 6 heteroatoms. The Morgan fingerprint density at radius 1 is 1.33 bits per heavy atom. The van der Waals surface area contributed by atoms with Crippen molar-refractivity contribution in [2.75, 3.05) is 12.3 Å². The summed E-state index contributed by atoms with van der Waals surface area (Å²) in [5.74, 6) is -1.69. The van der Waals surface area contributed by atoms with Gasteiger partial charge in [0, 0.05) is 12.1 Å². The number of carbonyl (C=O) groups excluding carboxylic acids is 1. The maximum absolute atomic E-state index is 11.5. The van der Waals surface area contributed by atoms with Crippen molar-refractivity contribution < 1.29 is 19.8 Å². The van der Waals surface area contributed by atoms with E-state index >= 15 is 0 Å². The first-order chi connectivity index (χ1) is 8.54. The number of hydrogen-bond donors (Lipinski definition) is 4. The van der Waals surface area contributed by atoms with Crippen molar-refractivity contribution in [3.63, 3.8) is 0 Å². The molecule has 1 amide bonds. The highest BCUT2D eigenvalue weighted by atomic mass is 16.4. The first-order valence-electron chi connectivity index (χ1n) is 5.51. The molecule has 0 aromatic heterocycles. The van der Waals surface area contributed by atoms with Crippen LogP contribution in [0.3, 0.4) is 0 Å². The summed E-state index contributed by atoms with van der Waals surface area (Å²) in [6, 6.07) is 5.90. The number of nitrogen functional groups attached to an aromatic ring is 1. The summed E-state index contributed by atoms with van der Waals surface area (Å²) < 4.78 is 0. The Hall–Kier alpha value is -2.08. The van der Waals surface area contributed by atoms with Crippen LogP contribution in [0, 0.1) is 0 Å². The van der Waals surface area contributed by atoms with E-state index in [9.17, 15) is 9.59 Å². The van der Waals surface area contributed by atoms with Crippen molar-refractivity contribution in [1.29, 1.82) is 0 Å². The van der Waals surface area contributed by atoms with Gasteiger partial charge in [0.25, 0.3) is 0 Å². The molecule has 5 N–H and O–H groups in total. The monoisotopic (exact) mass is 252 g/mol. The average molecular weight is 252 g/mol. The predicted molar refractivity (Wildman–Crippen MR) is 65.8 cm³/mol. The van der Waals surface area contributed by atoms with E-state index in [1.165, 1.54) is 0 Å². The Morgan fingerprint density at radius 3 is 2.56 bits per heavy atom. The number of carboxylic acids is 1. The lowest BCUT2D eigenvalue weighted by Crippen LogP contribution is -2.43. The van der Waals surface area contributed by atoms with E-state index < -0.39 is 24.5 Å². The number of benzene rings is 1. The first-order valence-corrected chi connectivity index (χ1v) is 5.51. The molecule has 1 rings (SSSR count). The summed E-state index contributed by atoms with van der Waals surface area (Å²) in [5, 5.41) is 19.6. The number of aryl methyl sites for hydroxylation is 1. The number of hydrogen-bond acceptors (Lipinski definition) is 4. The molecule has 18 heavy (non-hydrogen) atoms. The van der Waals surface area contributed by atoms with E-state index in [2.05, 4.69) is 5.32 Å². The van der Waals surface area contributed by atoms with E-state index in [-0.39, 0.29) is 6.42 Å².